The Kier molecular flexibility index (Phi) is 3.37. The average molecular weight is 184 g/mol. The second-order valence-corrected chi connectivity index (χ2v) is 2.49. The molecule has 4 heteroatoms. The molecule has 0 aromatic carbocycles. The van der Waals surface area contributed by atoms with Crippen LogP contribution < -0.4 is 5.32 Å². The van der Waals surface area contributed by atoms with E-state index in [-0.39, 0.29) is 5.82 Å². The van der Waals surface area contributed by atoms with Gasteiger partial charge in [-0.1, -0.05) is 6.08 Å². The second kappa shape index (κ2) is 4.54. The van der Waals surface area contributed by atoms with Gasteiger partial charge in [0.05, 0.1) is 6.20 Å². The van der Waals surface area contributed by atoms with Gasteiger partial charge in [-0.3, -0.25) is 0 Å². The maximum Gasteiger partial charge on any atom is 0.168 e. The highest BCUT2D eigenvalue weighted by molar-refractivity contribution is 5.35. The van der Waals surface area contributed by atoms with Crippen LogP contribution in [0.25, 0.3) is 0 Å². The molecule has 0 atom stereocenters. The molecule has 0 aliphatic heterocycles. The fraction of sp³-hybridized carbons (Fsp3) is 0.222. The van der Waals surface area contributed by atoms with Crippen molar-refractivity contribution in [3.8, 4) is 0 Å². The molecule has 0 saturated carbocycles. The Morgan fingerprint density at radius 3 is 2.92 bits per heavy atom. The van der Waals surface area contributed by atoms with Crippen molar-refractivity contribution in [1.82, 2.24) is 4.98 Å². The zero-order valence-electron chi connectivity index (χ0n) is 7.06. The van der Waals surface area contributed by atoms with Gasteiger partial charge in [0, 0.05) is 12.6 Å². The molecule has 0 radical (unpaired) electrons. The van der Waals surface area contributed by atoms with E-state index in [9.17, 15) is 8.78 Å². The summed E-state index contributed by atoms with van der Waals surface area (Å²) in [5.74, 6) is -1.28. The molecular formula is C9H10F2N2. The van der Waals surface area contributed by atoms with Gasteiger partial charge in [0.15, 0.2) is 11.6 Å². The molecule has 1 aromatic heterocycles. The molecule has 2 nitrogen and oxygen atoms in total. The number of nitrogens with zero attached hydrogens (tertiary/aromatic N) is 1. The van der Waals surface area contributed by atoms with Crippen LogP contribution in [0, 0.1) is 11.6 Å². The molecule has 0 aliphatic rings. The zero-order valence-corrected chi connectivity index (χ0v) is 7.06. The van der Waals surface area contributed by atoms with Gasteiger partial charge in [0.2, 0.25) is 0 Å². The smallest absolute Gasteiger partial charge is 0.168 e. The predicted octanol–water partition coefficient (Wildman–Crippen LogP) is 2.35. The van der Waals surface area contributed by atoms with Gasteiger partial charge in [-0.25, -0.2) is 13.8 Å². The zero-order chi connectivity index (χ0) is 9.68. The van der Waals surface area contributed by atoms with Crippen LogP contribution in [0.4, 0.5) is 14.6 Å². The number of anilines is 1. The summed E-state index contributed by atoms with van der Waals surface area (Å²) in [5, 5.41) is 2.72. The topological polar surface area (TPSA) is 24.9 Å². The Balaban J connectivity index is 2.61. The van der Waals surface area contributed by atoms with Gasteiger partial charge >= 0.3 is 0 Å². The SMILES string of the molecule is C=CCCNc1ncc(F)cc1F. The van der Waals surface area contributed by atoms with Gasteiger partial charge in [-0.05, 0) is 6.42 Å². The van der Waals surface area contributed by atoms with Crippen molar-refractivity contribution in [3.05, 3.63) is 36.6 Å². The number of halogens is 2. The van der Waals surface area contributed by atoms with E-state index in [0.29, 0.717) is 13.0 Å². The molecule has 70 valence electrons. The summed E-state index contributed by atoms with van der Waals surface area (Å²) >= 11 is 0. The lowest BCUT2D eigenvalue weighted by atomic mass is 10.4. The molecular weight excluding hydrogens is 174 g/mol. The number of aromatic nitrogens is 1. The Morgan fingerprint density at radius 2 is 2.31 bits per heavy atom. The largest absolute Gasteiger partial charge is 0.367 e. The molecule has 1 N–H and O–H groups in total. The lowest BCUT2D eigenvalue weighted by molar-refractivity contribution is 0.575. The van der Waals surface area contributed by atoms with E-state index in [1.165, 1.54) is 0 Å². The fourth-order valence-electron chi connectivity index (χ4n) is 0.837. The minimum Gasteiger partial charge on any atom is -0.367 e. The van der Waals surface area contributed by atoms with Crippen molar-refractivity contribution in [2.75, 3.05) is 11.9 Å². The van der Waals surface area contributed by atoms with Gasteiger partial charge in [0.25, 0.3) is 0 Å². The van der Waals surface area contributed by atoms with Crippen LogP contribution in [0.5, 0.6) is 0 Å². The first-order chi connectivity index (χ1) is 6.24. The fourth-order valence-corrected chi connectivity index (χ4v) is 0.837. The van der Waals surface area contributed by atoms with Crippen LogP contribution in [-0.4, -0.2) is 11.5 Å². The molecule has 0 fully saturated rings. The van der Waals surface area contributed by atoms with Crippen LogP contribution in [0.1, 0.15) is 6.42 Å². The standard InChI is InChI=1S/C9H10F2N2/c1-2-3-4-12-9-8(11)5-7(10)6-13-9/h2,5-6H,1,3-4H2,(H,12,13). The van der Waals surface area contributed by atoms with E-state index in [1.54, 1.807) is 6.08 Å². The molecule has 0 amide bonds. The van der Waals surface area contributed by atoms with Gasteiger partial charge < -0.3 is 5.32 Å². The molecule has 0 aliphatic carbocycles. The van der Waals surface area contributed by atoms with Crippen molar-refractivity contribution in [2.24, 2.45) is 0 Å². The number of pyridine rings is 1. The highest BCUT2D eigenvalue weighted by Crippen LogP contribution is 2.10. The summed E-state index contributed by atoms with van der Waals surface area (Å²) < 4.78 is 25.3. The number of hydrogen-bond acceptors (Lipinski definition) is 2. The van der Waals surface area contributed by atoms with E-state index in [4.69, 9.17) is 0 Å². The highest BCUT2D eigenvalue weighted by Gasteiger charge is 2.03. The van der Waals surface area contributed by atoms with Crippen LogP contribution in [0.15, 0.2) is 24.9 Å². The maximum atomic E-state index is 12.9. The molecule has 1 aromatic rings. The van der Waals surface area contributed by atoms with Crippen LogP contribution >= 0.6 is 0 Å². The summed E-state index contributed by atoms with van der Waals surface area (Å²) in [4.78, 5) is 3.55. The minimum absolute atomic E-state index is 0.0725. The Hall–Kier alpha value is -1.45. The Labute approximate surface area is 75.3 Å². The molecule has 1 rings (SSSR count). The molecule has 0 spiro atoms. The summed E-state index contributed by atoms with van der Waals surface area (Å²) in [5.41, 5.74) is 0. The summed E-state index contributed by atoms with van der Waals surface area (Å²) in [6.07, 6.45) is 3.38. The predicted molar refractivity (Wildman–Crippen MR) is 47.5 cm³/mol. The van der Waals surface area contributed by atoms with Gasteiger partial charge in [-0.15, -0.1) is 6.58 Å². The Bertz CT molecular complexity index is 300. The number of hydrogen-bond donors (Lipinski definition) is 1. The van der Waals surface area contributed by atoms with Crippen molar-refractivity contribution in [2.45, 2.75) is 6.42 Å². The third-order valence-corrected chi connectivity index (χ3v) is 1.45. The average Bonchev–Trinajstić information content (AvgIpc) is 2.09. The first kappa shape index (κ1) is 9.64. The third-order valence-electron chi connectivity index (χ3n) is 1.45. The number of rotatable bonds is 4. The summed E-state index contributed by atoms with van der Waals surface area (Å²) in [6.45, 7) is 4.05. The van der Waals surface area contributed by atoms with Crippen LogP contribution in [0.2, 0.25) is 0 Å². The molecule has 0 saturated heterocycles. The van der Waals surface area contributed by atoms with Crippen molar-refractivity contribution in [1.29, 1.82) is 0 Å². The van der Waals surface area contributed by atoms with Crippen LogP contribution in [0.3, 0.4) is 0 Å². The quantitative estimate of drug-likeness (QED) is 0.574. The van der Waals surface area contributed by atoms with Crippen molar-refractivity contribution >= 4 is 5.82 Å². The lowest BCUT2D eigenvalue weighted by Gasteiger charge is -2.03. The maximum absolute atomic E-state index is 12.9. The molecule has 1 heterocycles. The van der Waals surface area contributed by atoms with E-state index in [0.717, 1.165) is 12.3 Å². The second-order valence-electron chi connectivity index (χ2n) is 2.49. The third kappa shape index (κ3) is 2.82. The van der Waals surface area contributed by atoms with Crippen LogP contribution in [-0.2, 0) is 0 Å². The van der Waals surface area contributed by atoms with Gasteiger partial charge in [0.1, 0.15) is 5.82 Å². The normalized spacial score (nSPS) is 9.69. The molecule has 13 heavy (non-hydrogen) atoms. The summed E-state index contributed by atoms with van der Waals surface area (Å²) in [6, 6.07) is 0.795. The Morgan fingerprint density at radius 1 is 1.54 bits per heavy atom. The number of nitrogens with one attached hydrogen (secondary N) is 1. The highest BCUT2D eigenvalue weighted by atomic mass is 19.1. The van der Waals surface area contributed by atoms with E-state index in [2.05, 4.69) is 16.9 Å². The van der Waals surface area contributed by atoms with Crippen molar-refractivity contribution in [3.63, 3.8) is 0 Å². The monoisotopic (exact) mass is 184 g/mol. The first-order valence-electron chi connectivity index (χ1n) is 3.90. The molecule has 0 bridgehead atoms. The lowest BCUT2D eigenvalue weighted by Crippen LogP contribution is -2.04. The van der Waals surface area contributed by atoms with E-state index in [1.807, 2.05) is 0 Å². The molecule has 0 unspecified atom stereocenters. The van der Waals surface area contributed by atoms with Gasteiger partial charge in [-0.2, -0.15) is 0 Å². The summed E-state index contributed by atoms with van der Waals surface area (Å²) in [7, 11) is 0. The first-order valence-corrected chi connectivity index (χ1v) is 3.90. The minimum atomic E-state index is -0.677. The van der Waals surface area contributed by atoms with E-state index >= 15 is 0 Å². The van der Waals surface area contributed by atoms with Crippen molar-refractivity contribution < 1.29 is 8.78 Å². The van der Waals surface area contributed by atoms with E-state index < -0.39 is 11.6 Å².